The monoisotopic (exact) mass is 186 g/mol. The van der Waals surface area contributed by atoms with Gasteiger partial charge in [0, 0.05) is 12.3 Å². The number of carboxylic acid groups (broad SMARTS) is 1. The lowest BCUT2D eigenvalue weighted by Crippen LogP contribution is -2.28. The van der Waals surface area contributed by atoms with Gasteiger partial charge in [-0.1, -0.05) is 0 Å². The second kappa shape index (κ2) is 2.70. The molecule has 1 aliphatic heterocycles. The largest absolute Gasteiger partial charge is 0.481 e. The Hall–Kier alpha value is -1.10. The van der Waals surface area contributed by atoms with Crippen LogP contribution in [0.3, 0.4) is 0 Å². The van der Waals surface area contributed by atoms with E-state index in [1.807, 2.05) is 0 Å². The summed E-state index contributed by atoms with van der Waals surface area (Å²) in [5.74, 6) is -2.57. The van der Waals surface area contributed by atoms with E-state index in [-0.39, 0.29) is 30.8 Å². The van der Waals surface area contributed by atoms with E-state index in [0.717, 1.165) is 0 Å². The van der Waals surface area contributed by atoms with Crippen molar-refractivity contribution in [2.75, 3.05) is 0 Å². The van der Waals surface area contributed by atoms with Crippen LogP contribution in [0.1, 0.15) is 12.8 Å². The van der Waals surface area contributed by atoms with Gasteiger partial charge in [-0.25, -0.2) is 0 Å². The van der Waals surface area contributed by atoms with Gasteiger partial charge in [-0.3, -0.25) is 9.59 Å². The number of carbonyl (C=O) groups is 2. The van der Waals surface area contributed by atoms with Crippen molar-refractivity contribution in [1.82, 2.24) is 0 Å². The number of fused-ring (bicyclic) bond motifs is 1. The van der Waals surface area contributed by atoms with Crippen LogP contribution in [0.25, 0.3) is 0 Å². The van der Waals surface area contributed by atoms with Gasteiger partial charge in [0.1, 0.15) is 6.10 Å². The molecule has 1 aliphatic carbocycles. The Morgan fingerprint density at radius 2 is 2.23 bits per heavy atom. The molecule has 1 heterocycles. The molecule has 72 valence electrons. The quantitative estimate of drug-likeness (QED) is 0.533. The van der Waals surface area contributed by atoms with Gasteiger partial charge >= 0.3 is 11.9 Å². The van der Waals surface area contributed by atoms with Crippen molar-refractivity contribution >= 4 is 11.9 Å². The van der Waals surface area contributed by atoms with Gasteiger partial charge in [0.25, 0.3) is 0 Å². The van der Waals surface area contributed by atoms with Crippen LogP contribution in [0.4, 0.5) is 0 Å². The molecule has 0 aromatic carbocycles. The highest BCUT2D eigenvalue weighted by Gasteiger charge is 2.52. The molecule has 0 bridgehead atoms. The summed E-state index contributed by atoms with van der Waals surface area (Å²) in [6.07, 6.45) is -0.879. The molecule has 2 N–H and O–H groups in total. The average Bonchev–Trinajstić information content (AvgIpc) is 2.41. The van der Waals surface area contributed by atoms with Crippen molar-refractivity contribution in [2.45, 2.75) is 25.0 Å². The molecule has 2 rings (SSSR count). The molecule has 0 amide bonds. The third-order valence-corrected chi connectivity index (χ3v) is 2.80. The average molecular weight is 186 g/mol. The summed E-state index contributed by atoms with van der Waals surface area (Å²) >= 11 is 0. The fraction of sp³-hybridized carbons (Fsp3) is 0.750. The first kappa shape index (κ1) is 8.50. The van der Waals surface area contributed by atoms with E-state index in [1.165, 1.54) is 0 Å². The molecular formula is C8H10O5. The van der Waals surface area contributed by atoms with Gasteiger partial charge in [0.15, 0.2) is 0 Å². The fourth-order valence-electron chi connectivity index (χ4n) is 2.23. The van der Waals surface area contributed by atoms with Crippen molar-refractivity contribution in [3.63, 3.8) is 0 Å². The lowest BCUT2D eigenvalue weighted by Gasteiger charge is -2.12. The van der Waals surface area contributed by atoms with Gasteiger partial charge in [-0.2, -0.15) is 0 Å². The molecule has 1 saturated carbocycles. The zero-order valence-electron chi connectivity index (χ0n) is 6.84. The van der Waals surface area contributed by atoms with Crippen LogP contribution < -0.4 is 0 Å². The second-order valence-corrected chi connectivity index (χ2v) is 3.56. The standard InChI is InChI=1S/C8H10O5/c9-4-2-5-3(1-6(10)13-5)7(4)8(11)12/h3-5,7,9H,1-2H2,(H,11,12)/t3-,4+,5-,7?/m0/s1. The van der Waals surface area contributed by atoms with Crippen LogP contribution in [0.5, 0.6) is 0 Å². The molecule has 2 fully saturated rings. The minimum atomic E-state index is -1.04. The maximum Gasteiger partial charge on any atom is 0.309 e. The lowest BCUT2D eigenvalue weighted by molar-refractivity contribution is -0.146. The fourth-order valence-corrected chi connectivity index (χ4v) is 2.23. The number of aliphatic hydroxyl groups is 1. The third-order valence-electron chi connectivity index (χ3n) is 2.80. The topological polar surface area (TPSA) is 83.8 Å². The Morgan fingerprint density at radius 1 is 1.54 bits per heavy atom. The summed E-state index contributed by atoms with van der Waals surface area (Å²) in [7, 11) is 0. The van der Waals surface area contributed by atoms with Crippen LogP contribution in [-0.4, -0.2) is 34.4 Å². The molecule has 0 radical (unpaired) electrons. The molecule has 5 nitrogen and oxygen atoms in total. The number of carboxylic acids is 1. The predicted molar refractivity (Wildman–Crippen MR) is 39.7 cm³/mol. The minimum Gasteiger partial charge on any atom is -0.481 e. The van der Waals surface area contributed by atoms with Gasteiger partial charge in [0.05, 0.1) is 18.4 Å². The van der Waals surface area contributed by atoms with Crippen LogP contribution in [0.15, 0.2) is 0 Å². The molecule has 5 heteroatoms. The Kier molecular flexibility index (Phi) is 1.76. The number of aliphatic hydroxyl groups excluding tert-OH is 1. The van der Waals surface area contributed by atoms with Gasteiger partial charge in [-0.15, -0.1) is 0 Å². The van der Waals surface area contributed by atoms with Crippen LogP contribution in [-0.2, 0) is 14.3 Å². The molecular weight excluding hydrogens is 176 g/mol. The molecule has 0 aromatic rings. The first-order valence-electron chi connectivity index (χ1n) is 4.20. The molecule has 0 spiro atoms. The van der Waals surface area contributed by atoms with Crippen molar-refractivity contribution in [1.29, 1.82) is 0 Å². The molecule has 1 saturated heterocycles. The van der Waals surface area contributed by atoms with E-state index in [2.05, 4.69) is 0 Å². The normalized spacial score (nSPS) is 43.0. The molecule has 1 unspecified atom stereocenters. The summed E-state index contributed by atoms with van der Waals surface area (Å²) in [6, 6.07) is 0. The number of hydrogen-bond donors (Lipinski definition) is 2. The van der Waals surface area contributed by atoms with Crippen molar-refractivity contribution in [3.05, 3.63) is 0 Å². The Balaban J connectivity index is 2.19. The van der Waals surface area contributed by atoms with Crippen molar-refractivity contribution in [3.8, 4) is 0 Å². The number of esters is 1. The van der Waals surface area contributed by atoms with Crippen LogP contribution in [0, 0.1) is 11.8 Å². The summed E-state index contributed by atoms with van der Waals surface area (Å²) in [5, 5.41) is 18.2. The first-order chi connectivity index (χ1) is 6.09. The SMILES string of the molecule is O=C1C[C@@H]2C(C(=O)O)[C@H](O)C[C@@H]2O1. The Morgan fingerprint density at radius 3 is 2.85 bits per heavy atom. The number of hydrogen-bond acceptors (Lipinski definition) is 4. The highest BCUT2D eigenvalue weighted by atomic mass is 16.6. The highest BCUT2D eigenvalue weighted by Crippen LogP contribution is 2.41. The summed E-state index contributed by atoms with van der Waals surface area (Å²) in [4.78, 5) is 21.6. The maximum atomic E-state index is 10.8. The van der Waals surface area contributed by atoms with E-state index < -0.39 is 18.0 Å². The lowest BCUT2D eigenvalue weighted by atomic mass is 9.92. The zero-order valence-corrected chi connectivity index (χ0v) is 6.84. The summed E-state index contributed by atoms with van der Waals surface area (Å²) in [5.41, 5.74) is 0. The van der Waals surface area contributed by atoms with Gasteiger partial charge in [0.2, 0.25) is 0 Å². The van der Waals surface area contributed by atoms with E-state index in [1.54, 1.807) is 0 Å². The maximum absolute atomic E-state index is 10.8. The predicted octanol–water partition coefficient (Wildman–Crippen LogP) is -0.617. The Bertz CT molecular complexity index is 261. The first-order valence-corrected chi connectivity index (χ1v) is 4.20. The van der Waals surface area contributed by atoms with Gasteiger partial charge in [-0.05, 0) is 0 Å². The number of rotatable bonds is 1. The molecule has 4 atom stereocenters. The van der Waals surface area contributed by atoms with Gasteiger partial charge < -0.3 is 14.9 Å². The second-order valence-electron chi connectivity index (χ2n) is 3.56. The van der Waals surface area contributed by atoms with E-state index in [0.29, 0.717) is 0 Å². The van der Waals surface area contributed by atoms with E-state index >= 15 is 0 Å². The molecule has 13 heavy (non-hydrogen) atoms. The summed E-state index contributed by atoms with van der Waals surface area (Å²) in [6.45, 7) is 0. The molecule has 2 aliphatic rings. The van der Waals surface area contributed by atoms with E-state index in [4.69, 9.17) is 9.84 Å². The number of aliphatic carboxylic acids is 1. The number of carbonyl (C=O) groups excluding carboxylic acids is 1. The smallest absolute Gasteiger partial charge is 0.309 e. The van der Waals surface area contributed by atoms with Crippen LogP contribution >= 0.6 is 0 Å². The molecule has 0 aromatic heterocycles. The van der Waals surface area contributed by atoms with Crippen LogP contribution in [0.2, 0.25) is 0 Å². The van der Waals surface area contributed by atoms with E-state index in [9.17, 15) is 14.7 Å². The zero-order chi connectivity index (χ0) is 9.59. The van der Waals surface area contributed by atoms with Crippen molar-refractivity contribution < 1.29 is 24.5 Å². The van der Waals surface area contributed by atoms with Crippen molar-refractivity contribution in [2.24, 2.45) is 11.8 Å². The Labute approximate surface area is 74.3 Å². The third kappa shape index (κ3) is 1.19. The summed E-state index contributed by atoms with van der Waals surface area (Å²) < 4.78 is 4.87. The minimum absolute atomic E-state index is 0.124. The highest BCUT2D eigenvalue weighted by molar-refractivity contribution is 5.77. The number of ether oxygens (including phenoxy) is 1.